The summed E-state index contributed by atoms with van der Waals surface area (Å²) in [5.41, 5.74) is 2.15. The van der Waals surface area contributed by atoms with Gasteiger partial charge in [0.05, 0.1) is 5.69 Å². The summed E-state index contributed by atoms with van der Waals surface area (Å²) >= 11 is 0. The number of methoxy groups -OCH3 is 1. The number of hydrogen-bond acceptors (Lipinski definition) is 3. The number of amides is 1. The summed E-state index contributed by atoms with van der Waals surface area (Å²) in [7, 11) is 1.66. The minimum Gasteiger partial charge on any atom is -0.385 e. The van der Waals surface area contributed by atoms with Gasteiger partial charge in [-0.3, -0.25) is 9.48 Å². The molecule has 1 N–H and O–H groups in total. The lowest BCUT2D eigenvalue weighted by Crippen LogP contribution is -2.33. The van der Waals surface area contributed by atoms with Crippen LogP contribution in [0.1, 0.15) is 44.6 Å². The van der Waals surface area contributed by atoms with Crippen LogP contribution in [0.4, 0.5) is 0 Å². The summed E-state index contributed by atoms with van der Waals surface area (Å²) in [6.07, 6.45) is 2.60. The molecule has 0 aliphatic carbocycles. The Labute approximate surface area is 115 Å². The molecule has 5 nitrogen and oxygen atoms in total. The average Bonchev–Trinajstić information content (AvgIpc) is 2.85. The third-order valence-corrected chi connectivity index (χ3v) is 3.16. The molecule has 1 heterocycles. The van der Waals surface area contributed by atoms with Crippen molar-refractivity contribution in [3.8, 4) is 0 Å². The highest BCUT2D eigenvalue weighted by molar-refractivity contribution is 5.79. The van der Waals surface area contributed by atoms with Crippen molar-refractivity contribution in [2.24, 2.45) is 0 Å². The molecule has 0 bridgehead atoms. The van der Waals surface area contributed by atoms with Gasteiger partial charge in [0.1, 0.15) is 6.04 Å². The van der Waals surface area contributed by atoms with Crippen LogP contribution in [0, 0.1) is 0 Å². The lowest BCUT2D eigenvalue weighted by atomic mass is 10.2. The number of carbonyl (C=O) groups is 1. The first kappa shape index (κ1) is 15.7. The minimum absolute atomic E-state index is 0.0107. The Bertz CT molecular complexity index is 401. The van der Waals surface area contributed by atoms with Crippen molar-refractivity contribution in [2.45, 2.75) is 46.1 Å². The van der Waals surface area contributed by atoms with Crippen LogP contribution in [-0.2, 0) is 22.4 Å². The van der Waals surface area contributed by atoms with Crippen molar-refractivity contribution in [1.29, 1.82) is 0 Å². The third-order valence-electron chi connectivity index (χ3n) is 3.16. The lowest BCUT2D eigenvalue weighted by Gasteiger charge is -2.15. The van der Waals surface area contributed by atoms with Crippen LogP contribution in [0.15, 0.2) is 6.07 Å². The van der Waals surface area contributed by atoms with E-state index in [1.165, 1.54) is 0 Å². The molecule has 0 saturated heterocycles. The number of carbonyl (C=O) groups excluding carboxylic acids is 1. The highest BCUT2D eigenvalue weighted by Gasteiger charge is 2.18. The van der Waals surface area contributed by atoms with Gasteiger partial charge < -0.3 is 10.1 Å². The molecule has 1 atom stereocenters. The second-order valence-corrected chi connectivity index (χ2v) is 4.59. The van der Waals surface area contributed by atoms with E-state index < -0.39 is 0 Å². The Morgan fingerprint density at radius 3 is 2.79 bits per heavy atom. The van der Waals surface area contributed by atoms with Crippen molar-refractivity contribution in [3.05, 3.63) is 17.5 Å². The highest BCUT2D eigenvalue weighted by Crippen LogP contribution is 2.13. The van der Waals surface area contributed by atoms with Gasteiger partial charge in [0.2, 0.25) is 5.91 Å². The second-order valence-electron chi connectivity index (χ2n) is 4.59. The van der Waals surface area contributed by atoms with Gasteiger partial charge in [0.25, 0.3) is 0 Å². The molecule has 0 aliphatic rings. The van der Waals surface area contributed by atoms with Crippen LogP contribution >= 0.6 is 0 Å². The molecule has 108 valence electrons. The van der Waals surface area contributed by atoms with Crippen LogP contribution in [0.3, 0.4) is 0 Å². The van der Waals surface area contributed by atoms with Crippen molar-refractivity contribution in [3.63, 3.8) is 0 Å². The Kier molecular flexibility index (Phi) is 6.56. The Balaban J connectivity index is 2.62. The molecule has 0 spiro atoms. The van der Waals surface area contributed by atoms with E-state index >= 15 is 0 Å². The van der Waals surface area contributed by atoms with E-state index in [0.29, 0.717) is 13.2 Å². The second kappa shape index (κ2) is 7.94. The number of rotatable bonds is 8. The molecular weight excluding hydrogens is 242 g/mol. The van der Waals surface area contributed by atoms with Crippen molar-refractivity contribution < 1.29 is 9.53 Å². The van der Waals surface area contributed by atoms with Crippen molar-refractivity contribution in [1.82, 2.24) is 15.1 Å². The maximum atomic E-state index is 12.1. The zero-order chi connectivity index (χ0) is 14.3. The smallest absolute Gasteiger partial charge is 0.244 e. The van der Waals surface area contributed by atoms with E-state index in [9.17, 15) is 4.79 Å². The maximum Gasteiger partial charge on any atom is 0.244 e. The number of nitrogens with one attached hydrogen (secondary N) is 1. The van der Waals surface area contributed by atoms with E-state index in [4.69, 9.17) is 4.74 Å². The topological polar surface area (TPSA) is 56.2 Å². The molecule has 1 rings (SSSR count). The first-order valence-corrected chi connectivity index (χ1v) is 6.97. The third kappa shape index (κ3) is 4.35. The standard InChI is InChI=1S/C14H25N3O2/c1-5-12-10-13(6-2)17(16-12)11(3)14(18)15-8-7-9-19-4/h10-11H,5-9H2,1-4H3,(H,15,18). The molecular formula is C14H25N3O2. The van der Waals surface area contributed by atoms with Gasteiger partial charge in [0, 0.05) is 26.0 Å². The summed E-state index contributed by atoms with van der Waals surface area (Å²) < 4.78 is 6.79. The zero-order valence-electron chi connectivity index (χ0n) is 12.4. The molecule has 0 radical (unpaired) electrons. The fourth-order valence-corrected chi connectivity index (χ4v) is 1.95. The van der Waals surface area contributed by atoms with Gasteiger partial charge >= 0.3 is 0 Å². The van der Waals surface area contributed by atoms with E-state index in [1.807, 2.05) is 11.6 Å². The fourth-order valence-electron chi connectivity index (χ4n) is 1.95. The molecule has 1 amide bonds. The number of hydrogen-bond donors (Lipinski definition) is 1. The average molecular weight is 267 g/mol. The minimum atomic E-state index is -0.266. The van der Waals surface area contributed by atoms with E-state index in [0.717, 1.165) is 30.7 Å². The monoisotopic (exact) mass is 267 g/mol. The van der Waals surface area contributed by atoms with Gasteiger partial charge in [-0.2, -0.15) is 5.10 Å². The molecule has 1 aromatic heterocycles. The van der Waals surface area contributed by atoms with Crippen molar-refractivity contribution in [2.75, 3.05) is 20.3 Å². The first-order chi connectivity index (χ1) is 9.13. The molecule has 1 aromatic rings. The van der Waals surface area contributed by atoms with Crippen LogP contribution in [-0.4, -0.2) is 35.9 Å². The molecule has 0 aliphatic heterocycles. The largest absolute Gasteiger partial charge is 0.385 e. The summed E-state index contributed by atoms with van der Waals surface area (Å²) in [5, 5.41) is 7.41. The van der Waals surface area contributed by atoms with Gasteiger partial charge in [-0.15, -0.1) is 0 Å². The fraction of sp³-hybridized carbons (Fsp3) is 0.714. The summed E-state index contributed by atoms with van der Waals surface area (Å²) in [6, 6.07) is 1.81. The van der Waals surface area contributed by atoms with Crippen LogP contribution in [0.2, 0.25) is 0 Å². The number of nitrogens with zero attached hydrogens (tertiary/aromatic N) is 2. The summed E-state index contributed by atoms with van der Waals surface area (Å²) in [6.45, 7) is 7.34. The first-order valence-electron chi connectivity index (χ1n) is 6.97. The number of aromatic nitrogens is 2. The maximum absolute atomic E-state index is 12.1. The van der Waals surface area contributed by atoms with Gasteiger partial charge in [0.15, 0.2) is 0 Å². The van der Waals surface area contributed by atoms with E-state index in [1.54, 1.807) is 7.11 Å². The SMILES string of the molecule is CCc1cc(CC)n(C(C)C(=O)NCCCOC)n1. The van der Waals surface area contributed by atoms with Crippen molar-refractivity contribution >= 4 is 5.91 Å². The van der Waals surface area contributed by atoms with Gasteiger partial charge in [-0.1, -0.05) is 13.8 Å². The van der Waals surface area contributed by atoms with Gasteiger partial charge in [-0.05, 0) is 32.3 Å². The summed E-state index contributed by atoms with van der Waals surface area (Å²) in [4.78, 5) is 12.1. The van der Waals surface area contributed by atoms with Crippen LogP contribution in [0.5, 0.6) is 0 Å². The molecule has 0 aromatic carbocycles. The Morgan fingerprint density at radius 2 is 2.21 bits per heavy atom. The molecule has 0 saturated carbocycles. The quantitative estimate of drug-likeness (QED) is 0.730. The molecule has 5 heteroatoms. The van der Waals surface area contributed by atoms with Crippen LogP contribution < -0.4 is 5.32 Å². The molecule has 0 fully saturated rings. The summed E-state index contributed by atoms with van der Waals surface area (Å²) in [5.74, 6) is 0.0107. The van der Waals surface area contributed by atoms with E-state index in [2.05, 4.69) is 30.3 Å². The molecule has 1 unspecified atom stereocenters. The number of ether oxygens (including phenoxy) is 1. The normalized spacial score (nSPS) is 12.4. The Morgan fingerprint density at radius 1 is 1.47 bits per heavy atom. The predicted octanol–water partition coefficient (Wildman–Crippen LogP) is 1.72. The lowest BCUT2D eigenvalue weighted by molar-refractivity contribution is -0.124. The number of aryl methyl sites for hydroxylation is 2. The zero-order valence-corrected chi connectivity index (χ0v) is 12.4. The highest BCUT2D eigenvalue weighted by atomic mass is 16.5. The van der Waals surface area contributed by atoms with E-state index in [-0.39, 0.29) is 11.9 Å². The van der Waals surface area contributed by atoms with Gasteiger partial charge in [-0.25, -0.2) is 0 Å². The van der Waals surface area contributed by atoms with Crippen LogP contribution in [0.25, 0.3) is 0 Å². The predicted molar refractivity (Wildman–Crippen MR) is 75.2 cm³/mol. The Hall–Kier alpha value is -1.36. The molecule has 19 heavy (non-hydrogen) atoms.